The van der Waals surface area contributed by atoms with Crippen molar-refractivity contribution < 1.29 is 14.6 Å². The van der Waals surface area contributed by atoms with Crippen LogP contribution in [0.15, 0.2) is 48.8 Å². The lowest BCUT2D eigenvalue weighted by molar-refractivity contribution is -0.00681. The van der Waals surface area contributed by atoms with E-state index in [1.807, 2.05) is 47.5 Å². The molecule has 0 aliphatic carbocycles. The van der Waals surface area contributed by atoms with Gasteiger partial charge >= 0.3 is 0 Å². The van der Waals surface area contributed by atoms with Crippen LogP contribution in [0.4, 0.5) is 0 Å². The van der Waals surface area contributed by atoms with Crippen molar-refractivity contribution in [2.24, 2.45) is 0 Å². The van der Waals surface area contributed by atoms with Gasteiger partial charge in [-0.3, -0.25) is 9.78 Å². The third-order valence-electron chi connectivity index (χ3n) is 5.07. The fraction of sp³-hybridized carbons (Fsp3) is 0.478. The summed E-state index contributed by atoms with van der Waals surface area (Å²) in [5.74, 6) is 0.0554. The minimum absolute atomic E-state index is 0.0521. The summed E-state index contributed by atoms with van der Waals surface area (Å²) < 4.78 is 6.02. The Balaban J connectivity index is 1.57. The smallest absolute Gasteiger partial charge is 0.253 e. The maximum atomic E-state index is 13.0. The van der Waals surface area contributed by atoms with Crippen molar-refractivity contribution in [1.82, 2.24) is 9.88 Å². The highest BCUT2D eigenvalue weighted by molar-refractivity contribution is 5.94. The molecule has 1 unspecified atom stereocenters. The Kier molecular flexibility index (Phi) is 6.81. The highest BCUT2D eigenvalue weighted by Crippen LogP contribution is 2.19. The molecule has 0 spiro atoms. The summed E-state index contributed by atoms with van der Waals surface area (Å²) in [6.07, 6.45) is 6.94. The molecular formula is C23H30N2O3. The number of nitrogens with zero attached hydrogens (tertiary/aromatic N) is 2. The van der Waals surface area contributed by atoms with Crippen LogP contribution in [-0.2, 0) is 17.8 Å². The van der Waals surface area contributed by atoms with Gasteiger partial charge in [0.25, 0.3) is 5.91 Å². The number of amides is 1. The molecule has 0 radical (unpaired) electrons. The fourth-order valence-corrected chi connectivity index (χ4v) is 3.45. The van der Waals surface area contributed by atoms with E-state index in [1.54, 1.807) is 20.0 Å². The van der Waals surface area contributed by atoms with Crippen LogP contribution in [0.2, 0.25) is 0 Å². The molecule has 150 valence electrons. The lowest BCUT2D eigenvalue weighted by atomic mass is 9.97. The monoisotopic (exact) mass is 382 g/mol. The van der Waals surface area contributed by atoms with E-state index in [-0.39, 0.29) is 12.0 Å². The zero-order valence-electron chi connectivity index (χ0n) is 16.8. The lowest BCUT2D eigenvalue weighted by Gasteiger charge is -2.33. The fourth-order valence-electron chi connectivity index (χ4n) is 3.45. The van der Waals surface area contributed by atoms with Crippen LogP contribution in [0.5, 0.6) is 0 Å². The van der Waals surface area contributed by atoms with Crippen molar-refractivity contribution in [3.05, 3.63) is 65.5 Å². The Bertz CT molecular complexity index is 771. The molecule has 1 aliphatic heterocycles. The molecule has 1 saturated heterocycles. The number of pyridine rings is 1. The van der Waals surface area contributed by atoms with Gasteiger partial charge in [0.05, 0.1) is 18.3 Å². The zero-order valence-corrected chi connectivity index (χ0v) is 16.8. The molecule has 1 amide bonds. The minimum Gasteiger partial charge on any atom is -0.390 e. The summed E-state index contributed by atoms with van der Waals surface area (Å²) in [7, 11) is 0. The Morgan fingerprint density at radius 3 is 2.86 bits per heavy atom. The van der Waals surface area contributed by atoms with Crippen LogP contribution in [0, 0.1) is 0 Å². The second kappa shape index (κ2) is 9.30. The van der Waals surface area contributed by atoms with E-state index in [4.69, 9.17) is 4.74 Å². The van der Waals surface area contributed by atoms with Gasteiger partial charge in [-0.05, 0) is 68.9 Å². The molecule has 1 aliphatic rings. The third-order valence-corrected chi connectivity index (χ3v) is 5.07. The maximum Gasteiger partial charge on any atom is 0.253 e. The van der Waals surface area contributed by atoms with E-state index in [0.29, 0.717) is 25.1 Å². The summed E-state index contributed by atoms with van der Waals surface area (Å²) in [5, 5.41) is 9.93. The highest BCUT2D eigenvalue weighted by atomic mass is 16.5. The van der Waals surface area contributed by atoms with Gasteiger partial charge in [0.2, 0.25) is 0 Å². The predicted octanol–water partition coefficient (Wildman–Crippen LogP) is 3.61. The summed E-state index contributed by atoms with van der Waals surface area (Å²) in [6, 6.07) is 11.7. The van der Waals surface area contributed by atoms with Crippen LogP contribution in [0.1, 0.15) is 54.6 Å². The van der Waals surface area contributed by atoms with Crippen molar-refractivity contribution in [1.29, 1.82) is 0 Å². The first-order chi connectivity index (χ1) is 13.4. The van der Waals surface area contributed by atoms with E-state index in [0.717, 1.165) is 36.9 Å². The molecule has 1 atom stereocenters. The van der Waals surface area contributed by atoms with Crippen molar-refractivity contribution in [3.63, 3.8) is 0 Å². The normalized spacial score (nSPS) is 17.5. The van der Waals surface area contributed by atoms with Crippen molar-refractivity contribution in [3.8, 4) is 0 Å². The molecule has 1 fully saturated rings. The summed E-state index contributed by atoms with van der Waals surface area (Å²) >= 11 is 0. The molecule has 0 saturated carbocycles. The number of aliphatic hydroxyl groups is 1. The average Bonchev–Trinajstić information content (AvgIpc) is 2.71. The summed E-state index contributed by atoms with van der Waals surface area (Å²) in [4.78, 5) is 19.0. The van der Waals surface area contributed by atoms with Gasteiger partial charge in [0.15, 0.2) is 0 Å². The number of hydrogen-bond acceptors (Lipinski definition) is 4. The number of piperidine rings is 1. The Morgan fingerprint density at radius 2 is 2.11 bits per heavy atom. The van der Waals surface area contributed by atoms with Crippen molar-refractivity contribution in [2.75, 3.05) is 13.1 Å². The number of likely N-dealkylation sites (tertiary alicyclic amines) is 1. The van der Waals surface area contributed by atoms with Crippen molar-refractivity contribution in [2.45, 2.75) is 57.8 Å². The van der Waals surface area contributed by atoms with Gasteiger partial charge in [0, 0.05) is 31.0 Å². The van der Waals surface area contributed by atoms with E-state index < -0.39 is 5.60 Å². The highest BCUT2D eigenvalue weighted by Gasteiger charge is 2.25. The van der Waals surface area contributed by atoms with E-state index in [9.17, 15) is 9.90 Å². The quantitative estimate of drug-likeness (QED) is 0.795. The molecule has 1 N–H and O–H groups in total. The number of hydrogen-bond donors (Lipinski definition) is 1. The third kappa shape index (κ3) is 6.14. The molecule has 5 nitrogen and oxygen atoms in total. The number of aryl methyl sites for hydroxylation is 1. The largest absolute Gasteiger partial charge is 0.390 e. The number of carbonyl (C=O) groups is 1. The molecule has 5 heteroatoms. The summed E-state index contributed by atoms with van der Waals surface area (Å²) in [6.45, 7) is 5.52. The van der Waals surface area contributed by atoms with Crippen LogP contribution in [-0.4, -0.2) is 45.7 Å². The van der Waals surface area contributed by atoms with Gasteiger partial charge < -0.3 is 14.7 Å². The van der Waals surface area contributed by atoms with E-state index in [2.05, 4.69) is 4.98 Å². The van der Waals surface area contributed by atoms with Crippen LogP contribution in [0.25, 0.3) is 0 Å². The zero-order chi connectivity index (χ0) is 20.0. The Labute approximate surface area is 167 Å². The van der Waals surface area contributed by atoms with Gasteiger partial charge in [-0.2, -0.15) is 0 Å². The lowest BCUT2D eigenvalue weighted by Crippen LogP contribution is -2.43. The van der Waals surface area contributed by atoms with Crippen LogP contribution >= 0.6 is 0 Å². The molecule has 28 heavy (non-hydrogen) atoms. The van der Waals surface area contributed by atoms with E-state index >= 15 is 0 Å². The molecule has 1 aromatic heterocycles. The predicted molar refractivity (Wildman–Crippen MR) is 109 cm³/mol. The number of ether oxygens (including phenoxy) is 1. The minimum atomic E-state index is -0.703. The maximum absolute atomic E-state index is 13.0. The number of aromatic nitrogens is 1. The van der Waals surface area contributed by atoms with Gasteiger partial charge in [-0.15, -0.1) is 0 Å². The first-order valence-electron chi connectivity index (χ1n) is 10.0. The van der Waals surface area contributed by atoms with E-state index in [1.165, 1.54) is 0 Å². The van der Waals surface area contributed by atoms with Crippen molar-refractivity contribution >= 4 is 5.91 Å². The van der Waals surface area contributed by atoms with Gasteiger partial charge in [-0.25, -0.2) is 0 Å². The molecule has 2 heterocycles. The molecule has 3 rings (SSSR count). The summed E-state index contributed by atoms with van der Waals surface area (Å²) in [5.41, 5.74) is 2.13. The SMILES string of the molecule is CC(C)(O)CCc1cccc(C(=O)N2CCCC(OCc3cccnc3)C2)c1. The first-order valence-corrected chi connectivity index (χ1v) is 10.0. The Hall–Kier alpha value is -2.24. The standard InChI is InChI=1S/C23H30N2O3/c1-23(2,27)11-10-18-6-3-8-20(14-18)22(26)25-13-5-9-21(16-25)28-17-19-7-4-12-24-15-19/h3-4,6-8,12,14-15,21,27H,5,9-11,13,16-17H2,1-2H3. The molecular weight excluding hydrogens is 352 g/mol. The molecule has 0 bridgehead atoms. The number of benzene rings is 1. The van der Waals surface area contributed by atoms with Gasteiger partial charge in [0.1, 0.15) is 0 Å². The second-order valence-electron chi connectivity index (χ2n) is 8.20. The van der Waals surface area contributed by atoms with Crippen LogP contribution in [0.3, 0.4) is 0 Å². The number of carbonyl (C=O) groups excluding carboxylic acids is 1. The molecule has 1 aromatic carbocycles. The number of rotatable bonds is 7. The second-order valence-corrected chi connectivity index (χ2v) is 8.20. The average molecular weight is 383 g/mol. The van der Waals surface area contributed by atoms with Gasteiger partial charge in [-0.1, -0.05) is 18.2 Å². The topological polar surface area (TPSA) is 62.7 Å². The first kappa shape index (κ1) is 20.5. The Morgan fingerprint density at radius 1 is 1.29 bits per heavy atom. The van der Waals surface area contributed by atoms with Crippen LogP contribution < -0.4 is 0 Å². The molecule has 2 aromatic rings.